The van der Waals surface area contributed by atoms with E-state index < -0.39 is 23.9 Å². The zero-order valence-electron chi connectivity index (χ0n) is 14.8. The Morgan fingerprint density at radius 3 is 2.63 bits per heavy atom. The van der Waals surface area contributed by atoms with E-state index in [2.05, 4.69) is 10.6 Å². The van der Waals surface area contributed by atoms with E-state index in [1.807, 2.05) is 0 Å². The standard InChI is InChI=1S/C20H21FN2O4/c1-2-27-19(25)11-8-14-6-9-17(10-7-14)23-20(26)22-13-18(24)15-4-3-5-16(21)12-15/h3-12,18,24H,2,13H2,1H3,(H2,22,23,26)/b11-8+. The summed E-state index contributed by atoms with van der Waals surface area (Å²) in [5.41, 5.74) is 1.70. The van der Waals surface area contributed by atoms with Gasteiger partial charge in [-0.2, -0.15) is 0 Å². The fourth-order valence-corrected chi connectivity index (χ4v) is 2.23. The first-order chi connectivity index (χ1) is 13.0. The fraction of sp³-hybridized carbons (Fsp3) is 0.200. The predicted octanol–water partition coefficient (Wildman–Crippen LogP) is 3.26. The molecule has 0 aromatic heterocycles. The van der Waals surface area contributed by atoms with Crippen LogP contribution in [-0.4, -0.2) is 30.3 Å². The van der Waals surface area contributed by atoms with Crippen LogP contribution in [0.25, 0.3) is 6.08 Å². The van der Waals surface area contributed by atoms with E-state index in [-0.39, 0.29) is 6.54 Å². The number of amides is 2. The Hall–Kier alpha value is -3.19. The third-order valence-electron chi connectivity index (χ3n) is 3.56. The number of rotatable bonds is 7. The van der Waals surface area contributed by atoms with Crippen molar-refractivity contribution in [3.05, 3.63) is 71.6 Å². The number of hydrogen-bond donors (Lipinski definition) is 3. The molecule has 1 atom stereocenters. The minimum absolute atomic E-state index is 0.0599. The van der Waals surface area contributed by atoms with Crippen LogP contribution in [0.2, 0.25) is 0 Å². The number of aliphatic hydroxyl groups is 1. The lowest BCUT2D eigenvalue weighted by Crippen LogP contribution is -2.32. The van der Waals surface area contributed by atoms with E-state index in [0.717, 1.165) is 5.56 Å². The highest BCUT2D eigenvalue weighted by atomic mass is 19.1. The van der Waals surface area contributed by atoms with Crippen molar-refractivity contribution in [2.45, 2.75) is 13.0 Å². The lowest BCUT2D eigenvalue weighted by Gasteiger charge is -2.13. The number of aliphatic hydroxyl groups excluding tert-OH is 1. The van der Waals surface area contributed by atoms with Crippen LogP contribution in [0.5, 0.6) is 0 Å². The number of hydrogen-bond acceptors (Lipinski definition) is 4. The van der Waals surface area contributed by atoms with Crippen molar-refractivity contribution in [2.24, 2.45) is 0 Å². The van der Waals surface area contributed by atoms with E-state index in [1.165, 1.54) is 24.3 Å². The predicted molar refractivity (Wildman–Crippen MR) is 100 cm³/mol. The van der Waals surface area contributed by atoms with Gasteiger partial charge in [-0.15, -0.1) is 0 Å². The van der Waals surface area contributed by atoms with Crippen molar-refractivity contribution in [1.82, 2.24) is 5.32 Å². The number of carbonyl (C=O) groups is 2. The SMILES string of the molecule is CCOC(=O)/C=C/c1ccc(NC(=O)NCC(O)c2cccc(F)c2)cc1. The summed E-state index contributed by atoms with van der Waals surface area (Å²) in [6.45, 7) is 1.99. The molecule has 0 heterocycles. The second kappa shape index (κ2) is 10.1. The van der Waals surface area contributed by atoms with Crippen LogP contribution in [0, 0.1) is 5.82 Å². The Morgan fingerprint density at radius 1 is 1.22 bits per heavy atom. The second-order valence-corrected chi connectivity index (χ2v) is 5.61. The minimum atomic E-state index is -1.01. The van der Waals surface area contributed by atoms with Crippen molar-refractivity contribution < 1.29 is 23.8 Å². The smallest absolute Gasteiger partial charge is 0.330 e. The van der Waals surface area contributed by atoms with Crippen LogP contribution in [0.4, 0.5) is 14.9 Å². The lowest BCUT2D eigenvalue weighted by molar-refractivity contribution is -0.137. The Labute approximate surface area is 156 Å². The molecule has 142 valence electrons. The molecule has 2 aromatic rings. The van der Waals surface area contributed by atoms with Crippen molar-refractivity contribution in [3.63, 3.8) is 0 Å². The molecule has 0 aliphatic heterocycles. The zero-order valence-corrected chi connectivity index (χ0v) is 14.8. The Kier molecular flexibility index (Phi) is 7.51. The molecule has 2 aromatic carbocycles. The first-order valence-electron chi connectivity index (χ1n) is 8.41. The molecule has 3 N–H and O–H groups in total. The van der Waals surface area contributed by atoms with E-state index >= 15 is 0 Å². The summed E-state index contributed by atoms with van der Waals surface area (Å²) < 4.78 is 17.9. The topological polar surface area (TPSA) is 87.7 Å². The average molecular weight is 372 g/mol. The van der Waals surface area contributed by atoms with Crippen LogP contribution in [0.15, 0.2) is 54.6 Å². The molecule has 1 unspecified atom stereocenters. The van der Waals surface area contributed by atoms with Gasteiger partial charge in [0.15, 0.2) is 0 Å². The molecule has 6 nitrogen and oxygen atoms in total. The Bertz CT molecular complexity index is 806. The van der Waals surface area contributed by atoms with Crippen molar-refractivity contribution in [3.8, 4) is 0 Å². The molecule has 0 spiro atoms. The summed E-state index contributed by atoms with van der Waals surface area (Å²) in [6.07, 6.45) is 1.92. The Balaban J connectivity index is 1.82. The molecular weight excluding hydrogens is 351 g/mol. The summed E-state index contributed by atoms with van der Waals surface area (Å²) in [5, 5.41) is 15.1. The molecule has 0 aliphatic rings. The molecule has 0 radical (unpaired) electrons. The van der Waals surface area contributed by atoms with Gasteiger partial charge in [0.25, 0.3) is 0 Å². The third kappa shape index (κ3) is 6.91. The maximum atomic E-state index is 13.1. The quantitative estimate of drug-likeness (QED) is 0.514. The summed E-state index contributed by atoms with van der Waals surface area (Å²) in [5.74, 6) is -0.871. The third-order valence-corrected chi connectivity index (χ3v) is 3.56. The van der Waals surface area contributed by atoms with Gasteiger partial charge in [-0.25, -0.2) is 14.0 Å². The molecule has 27 heavy (non-hydrogen) atoms. The van der Waals surface area contributed by atoms with E-state index in [1.54, 1.807) is 43.3 Å². The maximum Gasteiger partial charge on any atom is 0.330 e. The summed E-state index contributed by atoms with van der Waals surface area (Å²) in [6, 6.07) is 11.9. The van der Waals surface area contributed by atoms with Gasteiger partial charge in [0.1, 0.15) is 5.82 Å². The van der Waals surface area contributed by atoms with E-state index in [4.69, 9.17) is 4.74 Å². The van der Waals surface area contributed by atoms with Gasteiger partial charge in [-0.3, -0.25) is 0 Å². The highest BCUT2D eigenvalue weighted by Gasteiger charge is 2.10. The molecule has 7 heteroatoms. The van der Waals surface area contributed by atoms with Gasteiger partial charge < -0.3 is 20.5 Å². The Morgan fingerprint density at radius 2 is 1.96 bits per heavy atom. The van der Waals surface area contributed by atoms with Gasteiger partial charge in [0.05, 0.1) is 12.7 Å². The molecule has 2 rings (SSSR count). The first-order valence-corrected chi connectivity index (χ1v) is 8.41. The number of anilines is 1. The lowest BCUT2D eigenvalue weighted by atomic mass is 10.1. The molecule has 0 fully saturated rings. The van der Waals surface area contributed by atoms with E-state index in [0.29, 0.717) is 17.9 Å². The zero-order chi connectivity index (χ0) is 19.6. The minimum Gasteiger partial charge on any atom is -0.463 e. The number of esters is 1. The van der Waals surface area contributed by atoms with Crippen LogP contribution >= 0.6 is 0 Å². The van der Waals surface area contributed by atoms with Crippen LogP contribution in [-0.2, 0) is 9.53 Å². The second-order valence-electron chi connectivity index (χ2n) is 5.61. The molecular formula is C20H21FN2O4. The molecule has 0 bridgehead atoms. The summed E-state index contributed by atoms with van der Waals surface area (Å²) >= 11 is 0. The van der Waals surface area contributed by atoms with Crippen LogP contribution in [0.1, 0.15) is 24.2 Å². The number of urea groups is 1. The monoisotopic (exact) mass is 372 g/mol. The number of ether oxygens (including phenoxy) is 1. The number of benzene rings is 2. The van der Waals surface area contributed by atoms with Gasteiger partial charge >= 0.3 is 12.0 Å². The molecule has 0 saturated heterocycles. The largest absolute Gasteiger partial charge is 0.463 e. The van der Waals surface area contributed by atoms with Crippen molar-refractivity contribution >= 4 is 23.8 Å². The van der Waals surface area contributed by atoms with Gasteiger partial charge in [-0.1, -0.05) is 24.3 Å². The van der Waals surface area contributed by atoms with Gasteiger partial charge in [0, 0.05) is 18.3 Å². The van der Waals surface area contributed by atoms with E-state index in [9.17, 15) is 19.1 Å². The maximum absolute atomic E-state index is 13.1. The molecule has 2 amide bonds. The van der Waals surface area contributed by atoms with Gasteiger partial charge in [-0.05, 0) is 48.4 Å². The average Bonchev–Trinajstić information content (AvgIpc) is 2.66. The molecule has 0 aliphatic carbocycles. The van der Waals surface area contributed by atoms with Crippen LogP contribution in [0.3, 0.4) is 0 Å². The van der Waals surface area contributed by atoms with Gasteiger partial charge in [0.2, 0.25) is 0 Å². The highest BCUT2D eigenvalue weighted by Crippen LogP contribution is 2.14. The molecule has 0 saturated carbocycles. The number of nitrogens with one attached hydrogen (secondary N) is 2. The summed E-state index contributed by atoms with van der Waals surface area (Å²) in [7, 11) is 0. The van der Waals surface area contributed by atoms with Crippen molar-refractivity contribution in [2.75, 3.05) is 18.5 Å². The van der Waals surface area contributed by atoms with Crippen LogP contribution < -0.4 is 10.6 Å². The summed E-state index contributed by atoms with van der Waals surface area (Å²) in [4.78, 5) is 23.2. The highest BCUT2D eigenvalue weighted by molar-refractivity contribution is 5.90. The number of halogens is 1. The van der Waals surface area contributed by atoms with Crippen molar-refractivity contribution in [1.29, 1.82) is 0 Å². The number of carbonyl (C=O) groups excluding carboxylic acids is 2. The normalized spacial score (nSPS) is 11.8. The first kappa shape index (κ1) is 20.1. The fourth-order valence-electron chi connectivity index (χ4n) is 2.23.